The molecule has 0 N–H and O–H groups in total. The normalized spacial score (nSPS) is 12.7. The molecule has 1 aliphatic rings. The molecule has 0 bridgehead atoms. The van der Waals surface area contributed by atoms with E-state index in [1.54, 1.807) is 11.3 Å². The van der Waals surface area contributed by atoms with E-state index >= 15 is 0 Å². The van der Waals surface area contributed by atoms with E-state index in [-0.39, 0.29) is 0 Å². The number of thiophene rings is 1. The summed E-state index contributed by atoms with van der Waals surface area (Å²) in [6.07, 6.45) is 4.10. The van der Waals surface area contributed by atoms with Crippen molar-refractivity contribution < 1.29 is 4.42 Å². The minimum atomic E-state index is 0.663. The summed E-state index contributed by atoms with van der Waals surface area (Å²) in [6, 6.07) is 66.5. The van der Waals surface area contributed by atoms with Crippen molar-refractivity contribution >= 4 is 76.0 Å². The van der Waals surface area contributed by atoms with Crippen LogP contribution in [0.5, 0.6) is 0 Å². The van der Waals surface area contributed by atoms with Crippen LogP contribution in [0.25, 0.3) is 115 Å². The monoisotopic (exact) mass is 824 g/mol. The molecule has 296 valence electrons. The van der Waals surface area contributed by atoms with Gasteiger partial charge in [-0.15, -0.1) is 11.3 Å². The number of fused-ring (bicyclic) bond motifs is 9. The number of aromatic nitrogens is 4. The molecule has 12 aromatic rings. The SMILES string of the molecule is C1=c2c(n(-c3ccccc3)c3ccccc23)=C(c2nc(-c3ccccc3)nc(-c3ccc4c(c3)sc3ccc(-c5cccc6c5oc5c(-c7ccccc7)cccc56)cc34)n2)CC1. The maximum atomic E-state index is 6.81. The number of furan rings is 1. The molecule has 0 spiro atoms. The Morgan fingerprint density at radius 3 is 1.83 bits per heavy atom. The van der Waals surface area contributed by atoms with E-state index < -0.39 is 0 Å². The second-order valence-corrected chi connectivity index (χ2v) is 17.3. The first-order valence-corrected chi connectivity index (χ1v) is 22.2. The smallest absolute Gasteiger partial charge is 0.164 e. The molecule has 4 aromatic heterocycles. The molecule has 0 atom stereocenters. The predicted molar refractivity (Wildman–Crippen MR) is 260 cm³/mol. The van der Waals surface area contributed by atoms with E-state index in [9.17, 15) is 0 Å². The van der Waals surface area contributed by atoms with Gasteiger partial charge in [-0.25, -0.2) is 15.0 Å². The van der Waals surface area contributed by atoms with Crippen LogP contribution in [0.3, 0.4) is 0 Å². The Balaban J connectivity index is 0.964. The van der Waals surface area contributed by atoms with E-state index in [0.717, 1.165) is 84.8 Å². The molecule has 0 fully saturated rings. The maximum absolute atomic E-state index is 6.81. The van der Waals surface area contributed by atoms with Crippen molar-refractivity contribution in [1.82, 2.24) is 19.5 Å². The number of nitrogens with zero attached hydrogens (tertiary/aromatic N) is 4. The van der Waals surface area contributed by atoms with E-state index in [4.69, 9.17) is 19.4 Å². The molecule has 0 amide bonds. The van der Waals surface area contributed by atoms with Gasteiger partial charge >= 0.3 is 0 Å². The minimum Gasteiger partial charge on any atom is -0.455 e. The summed E-state index contributed by atoms with van der Waals surface area (Å²) >= 11 is 1.80. The highest BCUT2D eigenvalue weighted by Crippen LogP contribution is 2.43. The van der Waals surface area contributed by atoms with Crippen LogP contribution in [0.15, 0.2) is 192 Å². The van der Waals surface area contributed by atoms with Gasteiger partial charge in [-0.3, -0.25) is 0 Å². The highest BCUT2D eigenvalue weighted by molar-refractivity contribution is 7.25. The Morgan fingerprint density at radius 1 is 0.444 bits per heavy atom. The minimum absolute atomic E-state index is 0.663. The number of rotatable bonds is 6. The second-order valence-electron chi connectivity index (χ2n) is 16.2. The average molecular weight is 825 g/mol. The lowest BCUT2D eigenvalue weighted by Crippen LogP contribution is -2.34. The Kier molecular flexibility index (Phi) is 8.14. The van der Waals surface area contributed by atoms with Crippen LogP contribution in [0.4, 0.5) is 0 Å². The zero-order valence-corrected chi connectivity index (χ0v) is 34.8. The van der Waals surface area contributed by atoms with Gasteiger partial charge in [0.25, 0.3) is 0 Å². The lowest BCUT2D eigenvalue weighted by molar-refractivity contribution is 0.671. The average Bonchev–Trinajstić information content (AvgIpc) is 4.04. The van der Waals surface area contributed by atoms with E-state index in [1.165, 1.54) is 36.3 Å². The quantitative estimate of drug-likeness (QED) is 0.168. The van der Waals surface area contributed by atoms with Crippen LogP contribution in [0, 0.1) is 0 Å². The van der Waals surface area contributed by atoms with Gasteiger partial charge in [0, 0.05) is 75.1 Å². The fourth-order valence-electron chi connectivity index (χ4n) is 9.64. The molecule has 8 aromatic carbocycles. The Hall–Kier alpha value is -7.93. The fraction of sp³-hybridized carbons (Fsp3) is 0.0351. The summed E-state index contributed by atoms with van der Waals surface area (Å²) in [4.78, 5) is 15.8. The standard InChI is InChI=1S/C57H36N4OS/c1-4-15-35(16-5-1)40-22-12-25-45-46-26-13-23-41(54(46)62-53(40)45)37-30-32-50-48(33-37)43-31-29-38(34-51(43)63-50)56-58-55(36-17-6-2-7-18-36)59-57(60-56)47-27-14-24-44-42-21-10-11-28-49(42)61(52(44)47)39-19-8-3-9-20-39/h1-13,15-26,28-34H,14,27H2. The second kappa shape index (κ2) is 14.3. The van der Waals surface area contributed by atoms with Crippen LogP contribution >= 0.6 is 11.3 Å². The number of hydrogen-bond donors (Lipinski definition) is 0. The third kappa shape index (κ3) is 5.79. The van der Waals surface area contributed by atoms with Gasteiger partial charge < -0.3 is 8.98 Å². The van der Waals surface area contributed by atoms with Crippen LogP contribution < -0.4 is 10.6 Å². The molecule has 1 aliphatic carbocycles. The van der Waals surface area contributed by atoms with E-state index in [0.29, 0.717) is 17.5 Å². The molecule has 6 heteroatoms. The third-order valence-corrected chi connectivity index (χ3v) is 13.7. The van der Waals surface area contributed by atoms with Gasteiger partial charge in [0.05, 0.1) is 10.9 Å². The molecule has 0 unspecified atom stereocenters. The largest absolute Gasteiger partial charge is 0.455 e. The molecule has 63 heavy (non-hydrogen) atoms. The van der Waals surface area contributed by atoms with Gasteiger partial charge in [-0.2, -0.15) is 0 Å². The first-order chi connectivity index (χ1) is 31.2. The highest BCUT2D eigenvalue weighted by atomic mass is 32.1. The molecule has 0 saturated carbocycles. The molecule has 5 nitrogen and oxygen atoms in total. The zero-order chi connectivity index (χ0) is 41.4. The van der Waals surface area contributed by atoms with Crippen molar-refractivity contribution in [3.63, 3.8) is 0 Å². The third-order valence-electron chi connectivity index (χ3n) is 12.5. The first-order valence-electron chi connectivity index (χ1n) is 21.4. The van der Waals surface area contributed by atoms with Gasteiger partial charge in [0.15, 0.2) is 17.5 Å². The first kappa shape index (κ1) is 35.8. The highest BCUT2D eigenvalue weighted by Gasteiger charge is 2.22. The maximum Gasteiger partial charge on any atom is 0.164 e. The lowest BCUT2D eigenvalue weighted by atomic mass is 9.99. The zero-order valence-electron chi connectivity index (χ0n) is 34.0. The van der Waals surface area contributed by atoms with Crippen LogP contribution in [0.2, 0.25) is 0 Å². The summed E-state index contributed by atoms with van der Waals surface area (Å²) in [5.41, 5.74) is 11.6. The Morgan fingerprint density at radius 2 is 1.06 bits per heavy atom. The molecule has 0 radical (unpaired) electrons. The summed E-state index contributed by atoms with van der Waals surface area (Å²) in [5, 5.41) is 8.28. The Labute approximate surface area is 366 Å². The molecule has 13 rings (SSSR count). The topological polar surface area (TPSA) is 56.7 Å². The summed E-state index contributed by atoms with van der Waals surface area (Å²) in [6.45, 7) is 0. The van der Waals surface area contributed by atoms with Gasteiger partial charge in [0.1, 0.15) is 11.2 Å². The van der Waals surface area contributed by atoms with Crippen LogP contribution in [-0.2, 0) is 0 Å². The lowest BCUT2D eigenvalue weighted by Gasteiger charge is -2.14. The van der Waals surface area contributed by atoms with E-state index in [1.807, 2.05) is 24.3 Å². The van der Waals surface area contributed by atoms with Crippen molar-refractivity contribution in [2.45, 2.75) is 12.8 Å². The summed E-state index contributed by atoms with van der Waals surface area (Å²) in [5.74, 6) is 2.04. The van der Waals surface area contributed by atoms with Crippen LogP contribution in [0.1, 0.15) is 18.7 Å². The van der Waals surface area contributed by atoms with Crippen molar-refractivity contribution in [2.75, 3.05) is 0 Å². The fourth-order valence-corrected chi connectivity index (χ4v) is 10.8. The van der Waals surface area contributed by atoms with Gasteiger partial charge in [-0.05, 0) is 60.4 Å². The summed E-state index contributed by atoms with van der Waals surface area (Å²) < 4.78 is 11.6. The van der Waals surface area contributed by atoms with Crippen molar-refractivity contribution in [3.05, 3.63) is 204 Å². The van der Waals surface area contributed by atoms with Crippen molar-refractivity contribution in [2.24, 2.45) is 0 Å². The van der Waals surface area contributed by atoms with Crippen molar-refractivity contribution in [3.8, 4) is 50.7 Å². The predicted octanol–water partition coefficient (Wildman–Crippen LogP) is 13.5. The molecule has 0 saturated heterocycles. The number of para-hydroxylation sites is 4. The molecular weight excluding hydrogens is 789 g/mol. The molecule has 4 heterocycles. The molecular formula is C57H36N4OS. The van der Waals surface area contributed by atoms with Gasteiger partial charge in [-0.1, -0.05) is 158 Å². The van der Waals surface area contributed by atoms with Crippen molar-refractivity contribution in [1.29, 1.82) is 0 Å². The number of benzene rings is 8. The summed E-state index contributed by atoms with van der Waals surface area (Å²) in [7, 11) is 0. The Bertz CT molecular complexity index is 3900. The van der Waals surface area contributed by atoms with Gasteiger partial charge in [0.2, 0.25) is 0 Å². The molecule has 0 aliphatic heterocycles. The number of hydrogen-bond acceptors (Lipinski definition) is 5. The van der Waals surface area contributed by atoms with E-state index in [2.05, 4.69) is 174 Å². The van der Waals surface area contributed by atoms with Crippen LogP contribution in [-0.4, -0.2) is 19.5 Å².